The molecule has 0 saturated carbocycles. The first kappa shape index (κ1) is 25.1. The molecule has 0 atom stereocenters. The molecule has 0 fully saturated rings. The summed E-state index contributed by atoms with van der Waals surface area (Å²) in [5.74, 6) is 0.280. The molecule has 0 spiro atoms. The number of carbonyl (C=O) groups is 2. The van der Waals surface area contributed by atoms with Gasteiger partial charge in [-0.2, -0.15) is 0 Å². The zero-order chi connectivity index (χ0) is 22.8. The Labute approximate surface area is 202 Å². The third-order valence-corrected chi connectivity index (χ3v) is 5.01. The molecule has 3 N–H and O–H groups in total. The quantitative estimate of drug-likeness (QED) is 0.253. The number of nitrogens with one attached hydrogen (secondary N) is 3. The number of methoxy groups -OCH3 is 1. The maximum absolute atomic E-state index is 12.2. The van der Waals surface area contributed by atoms with Gasteiger partial charge in [-0.15, -0.1) is 0 Å². The first-order valence-electron chi connectivity index (χ1n) is 9.00. The summed E-state index contributed by atoms with van der Waals surface area (Å²) in [6, 6.07) is 10.2. The SMILES string of the molecule is COCCOc1ccc(C(=O)NC(=S)NNC(=O)COc2c(C)cc(Br)cc2Br)cc1. The van der Waals surface area contributed by atoms with Gasteiger partial charge in [-0.05, 0) is 77.0 Å². The molecule has 0 aliphatic rings. The highest BCUT2D eigenvalue weighted by Gasteiger charge is 2.11. The number of benzene rings is 2. The van der Waals surface area contributed by atoms with E-state index >= 15 is 0 Å². The van der Waals surface area contributed by atoms with Gasteiger partial charge >= 0.3 is 0 Å². The lowest BCUT2D eigenvalue weighted by Crippen LogP contribution is -2.49. The Kier molecular flexibility index (Phi) is 10.2. The van der Waals surface area contributed by atoms with Crippen molar-refractivity contribution in [2.45, 2.75) is 6.92 Å². The second kappa shape index (κ2) is 12.6. The number of hydrazine groups is 1. The molecule has 2 aromatic rings. The van der Waals surface area contributed by atoms with Gasteiger partial charge in [-0.1, -0.05) is 15.9 Å². The van der Waals surface area contributed by atoms with Gasteiger partial charge in [-0.3, -0.25) is 25.8 Å². The van der Waals surface area contributed by atoms with Gasteiger partial charge in [0.25, 0.3) is 11.8 Å². The molecule has 0 heterocycles. The summed E-state index contributed by atoms with van der Waals surface area (Å²) in [4.78, 5) is 24.2. The lowest BCUT2D eigenvalue weighted by Gasteiger charge is -2.13. The highest BCUT2D eigenvalue weighted by Crippen LogP contribution is 2.32. The number of hydrogen-bond acceptors (Lipinski definition) is 6. The molecule has 166 valence electrons. The Morgan fingerprint density at radius 3 is 2.39 bits per heavy atom. The predicted octanol–water partition coefficient (Wildman–Crippen LogP) is 3.26. The summed E-state index contributed by atoms with van der Waals surface area (Å²) in [5.41, 5.74) is 6.08. The van der Waals surface area contributed by atoms with E-state index in [1.54, 1.807) is 31.4 Å². The fraction of sp³-hybridized carbons (Fsp3) is 0.250. The van der Waals surface area contributed by atoms with E-state index in [1.165, 1.54) is 0 Å². The van der Waals surface area contributed by atoms with E-state index in [4.69, 9.17) is 26.4 Å². The molecular weight excluding hydrogens is 554 g/mol. The Balaban J connectivity index is 1.75. The van der Waals surface area contributed by atoms with Gasteiger partial charge in [0.05, 0.1) is 11.1 Å². The van der Waals surface area contributed by atoms with E-state index in [-0.39, 0.29) is 11.7 Å². The summed E-state index contributed by atoms with van der Waals surface area (Å²) in [7, 11) is 1.59. The van der Waals surface area contributed by atoms with Crippen LogP contribution in [0.15, 0.2) is 45.3 Å². The number of amides is 2. The Bertz CT molecular complexity index is 918. The molecule has 31 heavy (non-hydrogen) atoms. The van der Waals surface area contributed by atoms with Crippen molar-refractivity contribution in [2.75, 3.05) is 26.9 Å². The van der Waals surface area contributed by atoms with E-state index in [0.29, 0.717) is 30.3 Å². The van der Waals surface area contributed by atoms with Crippen molar-refractivity contribution < 1.29 is 23.8 Å². The maximum Gasteiger partial charge on any atom is 0.276 e. The lowest BCUT2D eigenvalue weighted by atomic mass is 10.2. The minimum absolute atomic E-state index is 0.0558. The second-order valence-electron chi connectivity index (χ2n) is 6.14. The molecule has 0 radical (unpaired) electrons. The third kappa shape index (κ3) is 8.44. The van der Waals surface area contributed by atoms with Crippen molar-refractivity contribution >= 4 is 61.0 Å². The molecule has 0 bridgehead atoms. The zero-order valence-corrected chi connectivity index (χ0v) is 20.8. The Hall–Kier alpha value is -2.21. The molecule has 2 aromatic carbocycles. The normalized spacial score (nSPS) is 10.2. The standard InChI is InChI=1S/C20H21Br2N3O5S/c1-12-9-14(21)10-16(22)18(12)30-11-17(26)24-25-20(31)23-19(27)13-3-5-15(6-4-13)29-8-7-28-2/h3-6,9-10H,7-8,11H2,1-2H3,(H,24,26)(H2,23,25,27,31). The predicted molar refractivity (Wildman–Crippen MR) is 127 cm³/mol. The van der Waals surface area contributed by atoms with Gasteiger partial charge in [0, 0.05) is 17.1 Å². The maximum atomic E-state index is 12.2. The van der Waals surface area contributed by atoms with Gasteiger partial charge in [0.1, 0.15) is 18.1 Å². The van der Waals surface area contributed by atoms with Gasteiger partial charge in [0.15, 0.2) is 11.7 Å². The molecule has 0 saturated heterocycles. The molecule has 0 aromatic heterocycles. The third-order valence-electron chi connectivity index (χ3n) is 3.76. The number of aryl methyl sites for hydroxylation is 1. The number of carbonyl (C=O) groups excluding carboxylic acids is 2. The largest absolute Gasteiger partial charge is 0.491 e. The van der Waals surface area contributed by atoms with Crippen LogP contribution in [0.4, 0.5) is 0 Å². The molecule has 0 aliphatic heterocycles. The van der Waals surface area contributed by atoms with Gasteiger partial charge < -0.3 is 14.2 Å². The monoisotopic (exact) mass is 573 g/mol. The first-order chi connectivity index (χ1) is 14.8. The van der Waals surface area contributed by atoms with Crippen LogP contribution in [0, 0.1) is 6.92 Å². The average Bonchev–Trinajstić information content (AvgIpc) is 2.72. The average molecular weight is 575 g/mol. The molecule has 0 aliphatic carbocycles. The van der Waals surface area contributed by atoms with Gasteiger partial charge in [0.2, 0.25) is 0 Å². The van der Waals surface area contributed by atoms with Crippen LogP contribution in [0.2, 0.25) is 0 Å². The molecule has 8 nitrogen and oxygen atoms in total. The van der Waals surface area contributed by atoms with E-state index in [0.717, 1.165) is 14.5 Å². The molecule has 2 amide bonds. The second-order valence-corrected chi connectivity index (χ2v) is 8.32. The topological polar surface area (TPSA) is 97.9 Å². The van der Waals surface area contributed by atoms with Crippen LogP contribution in [0.1, 0.15) is 15.9 Å². The van der Waals surface area contributed by atoms with Crippen molar-refractivity contribution in [3.8, 4) is 11.5 Å². The van der Waals surface area contributed by atoms with Crippen LogP contribution in [-0.4, -0.2) is 43.9 Å². The summed E-state index contributed by atoms with van der Waals surface area (Å²) in [6.45, 7) is 2.51. The highest BCUT2D eigenvalue weighted by molar-refractivity contribution is 9.11. The summed E-state index contributed by atoms with van der Waals surface area (Å²) >= 11 is 11.8. The first-order valence-corrected chi connectivity index (χ1v) is 11.0. The van der Waals surface area contributed by atoms with Crippen molar-refractivity contribution in [1.29, 1.82) is 0 Å². The van der Waals surface area contributed by atoms with E-state index < -0.39 is 11.8 Å². The lowest BCUT2D eigenvalue weighted by molar-refractivity contribution is -0.123. The number of ether oxygens (including phenoxy) is 3. The summed E-state index contributed by atoms with van der Waals surface area (Å²) < 4.78 is 17.5. The minimum Gasteiger partial charge on any atom is -0.491 e. The smallest absolute Gasteiger partial charge is 0.276 e. The zero-order valence-electron chi connectivity index (χ0n) is 16.8. The van der Waals surface area contributed by atoms with Gasteiger partial charge in [-0.25, -0.2) is 0 Å². The Morgan fingerprint density at radius 1 is 1.03 bits per heavy atom. The van der Waals surface area contributed by atoms with E-state index in [2.05, 4.69) is 48.0 Å². The van der Waals surface area contributed by atoms with Crippen molar-refractivity contribution in [3.05, 3.63) is 56.5 Å². The number of thiocarbonyl (C=S) groups is 1. The molecular formula is C20H21Br2N3O5S. The molecule has 2 rings (SSSR count). The molecule has 0 unspecified atom stereocenters. The Morgan fingerprint density at radius 2 is 1.74 bits per heavy atom. The number of hydrogen-bond donors (Lipinski definition) is 3. The number of halogens is 2. The van der Waals surface area contributed by atoms with Crippen LogP contribution >= 0.6 is 44.1 Å². The van der Waals surface area contributed by atoms with Crippen LogP contribution < -0.4 is 25.6 Å². The number of rotatable bonds is 8. The summed E-state index contributed by atoms with van der Waals surface area (Å²) in [6.07, 6.45) is 0. The van der Waals surface area contributed by atoms with Crippen LogP contribution in [0.5, 0.6) is 11.5 Å². The van der Waals surface area contributed by atoms with Crippen LogP contribution in [0.3, 0.4) is 0 Å². The van der Waals surface area contributed by atoms with E-state index in [9.17, 15) is 9.59 Å². The summed E-state index contributed by atoms with van der Waals surface area (Å²) in [5, 5.41) is 2.42. The highest BCUT2D eigenvalue weighted by atomic mass is 79.9. The fourth-order valence-electron chi connectivity index (χ4n) is 2.32. The fourth-order valence-corrected chi connectivity index (χ4v) is 4.02. The van der Waals surface area contributed by atoms with Crippen molar-refractivity contribution in [2.24, 2.45) is 0 Å². The van der Waals surface area contributed by atoms with Crippen molar-refractivity contribution in [1.82, 2.24) is 16.2 Å². The molecule has 11 heteroatoms. The van der Waals surface area contributed by atoms with E-state index in [1.807, 2.05) is 19.1 Å². The van der Waals surface area contributed by atoms with Crippen molar-refractivity contribution in [3.63, 3.8) is 0 Å². The minimum atomic E-state index is -0.469. The van der Waals surface area contributed by atoms with Crippen LogP contribution in [-0.2, 0) is 9.53 Å². The van der Waals surface area contributed by atoms with Crippen LogP contribution in [0.25, 0.3) is 0 Å².